The number of carbonyl (C=O) groups excluding carboxylic acids is 2. The number of nitrogens with zero attached hydrogens (tertiary/aromatic N) is 3. The van der Waals surface area contributed by atoms with Gasteiger partial charge in [0.1, 0.15) is 11.2 Å². The number of imide groups is 1. The molecule has 2 amide bonds. The van der Waals surface area contributed by atoms with Crippen LogP contribution in [0.1, 0.15) is 41.5 Å². The third-order valence-corrected chi connectivity index (χ3v) is 2.94. The van der Waals surface area contributed by atoms with Crippen LogP contribution in [-0.4, -0.2) is 33.4 Å². The second-order valence-electron chi connectivity index (χ2n) is 7.78. The van der Waals surface area contributed by atoms with Crippen molar-refractivity contribution in [1.29, 1.82) is 0 Å². The van der Waals surface area contributed by atoms with Crippen LogP contribution in [0.25, 0.3) is 10.9 Å². The van der Waals surface area contributed by atoms with Crippen LogP contribution in [0.15, 0.2) is 24.4 Å². The average molecular weight is 360 g/mol. The fraction of sp³-hybridized carbons (Fsp3) is 0.444. The molecule has 0 saturated heterocycles. The van der Waals surface area contributed by atoms with Gasteiger partial charge in [0.05, 0.1) is 5.52 Å². The van der Waals surface area contributed by atoms with Crippen LogP contribution in [0, 0.1) is 0 Å². The molecule has 8 nitrogen and oxygen atoms in total. The zero-order valence-electron chi connectivity index (χ0n) is 15.9. The molecular weight excluding hydrogens is 336 g/mol. The maximum absolute atomic E-state index is 12.6. The monoisotopic (exact) mass is 360 g/mol. The highest BCUT2D eigenvalue weighted by Crippen LogP contribution is 2.22. The summed E-state index contributed by atoms with van der Waals surface area (Å²) in [6, 6.07) is 5.05. The molecule has 0 atom stereocenters. The van der Waals surface area contributed by atoms with Gasteiger partial charge in [-0.15, -0.1) is 4.90 Å². The van der Waals surface area contributed by atoms with E-state index in [0.29, 0.717) is 21.5 Å². The lowest BCUT2D eigenvalue weighted by Gasteiger charge is -2.27. The normalized spacial score (nSPS) is 11.9. The Bertz CT molecular complexity index is 809. The summed E-state index contributed by atoms with van der Waals surface area (Å²) in [4.78, 5) is 34.2. The minimum atomic E-state index is -0.915. The van der Waals surface area contributed by atoms with Gasteiger partial charge in [-0.2, -0.15) is 0 Å². The molecule has 8 heteroatoms. The van der Waals surface area contributed by atoms with Gasteiger partial charge in [-0.3, -0.25) is 0 Å². The number of nitrogens with two attached hydrogens (primary N) is 1. The minimum Gasteiger partial charge on any atom is -0.443 e. The number of benzene rings is 1. The smallest absolute Gasteiger partial charge is 0.427 e. The van der Waals surface area contributed by atoms with E-state index in [0.717, 1.165) is 0 Å². The maximum atomic E-state index is 12.6. The van der Waals surface area contributed by atoms with Crippen LogP contribution in [0.3, 0.4) is 0 Å². The Morgan fingerprint density at radius 3 is 2.04 bits per heavy atom. The van der Waals surface area contributed by atoms with Gasteiger partial charge >= 0.3 is 12.2 Å². The van der Waals surface area contributed by atoms with E-state index in [2.05, 4.69) is 9.97 Å². The lowest BCUT2D eigenvalue weighted by Crippen LogP contribution is -2.44. The molecule has 0 aliphatic carbocycles. The van der Waals surface area contributed by atoms with Crippen LogP contribution in [0.4, 0.5) is 21.2 Å². The van der Waals surface area contributed by atoms with Crippen molar-refractivity contribution >= 4 is 34.7 Å². The highest BCUT2D eigenvalue weighted by molar-refractivity contribution is 6.08. The molecule has 2 aromatic rings. The summed E-state index contributed by atoms with van der Waals surface area (Å²) in [6.45, 7) is 10.2. The van der Waals surface area contributed by atoms with E-state index in [4.69, 9.17) is 15.2 Å². The van der Waals surface area contributed by atoms with E-state index >= 15 is 0 Å². The van der Waals surface area contributed by atoms with Crippen molar-refractivity contribution < 1.29 is 19.1 Å². The predicted octanol–water partition coefficient (Wildman–Crippen LogP) is 3.89. The van der Waals surface area contributed by atoms with Crippen molar-refractivity contribution in [3.8, 4) is 0 Å². The number of hydrogen-bond donors (Lipinski definition) is 1. The van der Waals surface area contributed by atoms with Crippen molar-refractivity contribution in [3.63, 3.8) is 0 Å². The number of hydrogen-bond acceptors (Lipinski definition) is 7. The lowest BCUT2D eigenvalue weighted by atomic mass is 10.2. The summed E-state index contributed by atoms with van der Waals surface area (Å²) < 4.78 is 10.6. The van der Waals surface area contributed by atoms with E-state index in [1.807, 2.05) is 0 Å². The summed E-state index contributed by atoms with van der Waals surface area (Å²) in [5.74, 6) is -0.134. The zero-order chi connectivity index (χ0) is 19.7. The standard InChI is InChI=1S/C18H24N4O4/c1-17(2,3)25-15(23)22(16(24)26-18(4,5)6)14-20-10-11-9-12(19)7-8-13(11)21-14/h7-10H,19H2,1-6H3. The number of ether oxygens (including phenoxy) is 2. The number of carbonyl (C=O) groups is 2. The Labute approximate surface area is 152 Å². The average Bonchev–Trinajstić information content (AvgIpc) is 2.43. The number of fused-ring (bicyclic) bond motifs is 1. The van der Waals surface area contributed by atoms with Gasteiger partial charge in [-0.1, -0.05) is 0 Å². The summed E-state index contributed by atoms with van der Waals surface area (Å²) in [7, 11) is 0. The maximum Gasteiger partial charge on any atom is 0.427 e. The Balaban J connectivity index is 2.47. The molecule has 2 N–H and O–H groups in total. The summed E-state index contributed by atoms with van der Waals surface area (Å²) in [5, 5.41) is 0.682. The first kappa shape index (κ1) is 19.4. The minimum absolute atomic E-state index is 0.134. The largest absolute Gasteiger partial charge is 0.443 e. The molecule has 0 unspecified atom stereocenters. The molecule has 2 rings (SSSR count). The van der Waals surface area contributed by atoms with Crippen LogP contribution in [0.2, 0.25) is 0 Å². The van der Waals surface area contributed by atoms with E-state index in [1.54, 1.807) is 59.7 Å². The lowest BCUT2D eigenvalue weighted by molar-refractivity contribution is 0.0427. The molecule has 0 fully saturated rings. The third-order valence-electron chi connectivity index (χ3n) is 2.94. The van der Waals surface area contributed by atoms with E-state index in [1.165, 1.54) is 6.20 Å². The quantitative estimate of drug-likeness (QED) is 0.769. The van der Waals surface area contributed by atoms with Crippen molar-refractivity contribution in [2.75, 3.05) is 10.6 Å². The fourth-order valence-electron chi connectivity index (χ4n) is 2.00. The Morgan fingerprint density at radius 2 is 1.54 bits per heavy atom. The van der Waals surface area contributed by atoms with Crippen LogP contribution in [0.5, 0.6) is 0 Å². The Kier molecular flexibility index (Phi) is 5.06. The molecule has 0 bridgehead atoms. The molecule has 0 saturated carbocycles. The third kappa shape index (κ3) is 5.05. The topological polar surface area (TPSA) is 108 Å². The second-order valence-corrected chi connectivity index (χ2v) is 7.78. The number of rotatable bonds is 1. The predicted molar refractivity (Wildman–Crippen MR) is 98.9 cm³/mol. The molecule has 140 valence electrons. The van der Waals surface area contributed by atoms with Gasteiger partial charge in [-0.25, -0.2) is 19.6 Å². The molecular formula is C18H24N4O4. The number of aromatic nitrogens is 2. The van der Waals surface area contributed by atoms with Crippen molar-refractivity contribution in [1.82, 2.24) is 9.97 Å². The zero-order valence-corrected chi connectivity index (χ0v) is 15.9. The molecule has 1 aromatic heterocycles. The summed E-state index contributed by atoms with van der Waals surface area (Å²) in [5.41, 5.74) is 5.23. The first-order chi connectivity index (χ1) is 11.9. The van der Waals surface area contributed by atoms with Gasteiger partial charge in [-0.05, 0) is 59.7 Å². The van der Waals surface area contributed by atoms with Crippen molar-refractivity contribution in [3.05, 3.63) is 24.4 Å². The molecule has 1 aromatic carbocycles. The van der Waals surface area contributed by atoms with E-state index in [-0.39, 0.29) is 5.95 Å². The molecule has 0 radical (unpaired) electrons. The Hall–Kier alpha value is -2.90. The van der Waals surface area contributed by atoms with Crippen molar-refractivity contribution in [2.45, 2.75) is 52.7 Å². The molecule has 0 spiro atoms. The summed E-state index contributed by atoms with van der Waals surface area (Å²) >= 11 is 0. The van der Waals surface area contributed by atoms with Crippen LogP contribution >= 0.6 is 0 Å². The van der Waals surface area contributed by atoms with Crippen LogP contribution < -0.4 is 10.6 Å². The molecule has 0 aliphatic heterocycles. The fourth-order valence-corrected chi connectivity index (χ4v) is 2.00. The molecule has 0 aliphatic rings. The first-order valence-corrected chi connectivity index (χ1v) is 8.14. The second kappa shape index (κ2) is 6.78. The van der Waals surface area contributed by atoms with Gasteiger partial charge in [0.2, 0.25) is 5.95 Å². The van der Waals surface area contributed by atoms with Gasteiger partial charge in [0, 0.05) is 17.3 Å². The highest BCUT2D eigenvalue weighted by atomic mass is 16.6. The molecule has 1 heterocycles. The first-order valence-electron chi connectivity index (χ1n) is 8.14. The van der Waals surface area contributed by atoms with Gasteiger partial charge < -0.3 is 15.2 Å². The van der Waals surface area contributed by atoms with E-state index in [9.17, 15) is 9.59 Å². The van der Waals surface area contributed by atoms with Gasteiger partial charge in [0.25, 0.3) is 0 Å². The van der Waals surface area contributed by atoms with Crippen molar-refractivity contribution in [2.24, 2.45) is 0 Å². The number of amides is 2. The van der Waals surface area contributed by atoms with Gasteiger partial charge in [0.15, 0.2) is 0 Å². The van der Waals surface area contributed by atoms with E-state index < -0.39 is 23.4 Å². The number of anilines is 2. The summed E-state index contributed by atoms with van der Waals surface area (Å²) in [6.07, 6.45) is -0.349. The van der Waals surface area contributed by atoms with Crippen LogP contribution in [-0.2, 0) is 9.47 Å². The molecule has 26 heavy (non-hydrogen) atoms. The number of nitrogen functional groups attached to an aromatic ring is 1. The SMILES string of the molecule is CC(C)(C)OC(=O)N(C(=O)OC(C)(C)C)c1ncc2cc(N)ccc2n1. The Morgan fingerprint density at radius 1 is 1.00 bits per heavy atom. The highest BCUT2D eigenvalue weighted by Gasteiger charge is 2.34.